The first-order chi connectivity index (χ1) is 11.9. The van der Waals surface area contributed by atoms with Crippen LogP contribution in [-0.2, 0) is 4.79 Å². The maximum Gasteiger partial charge on any atom is 0.220 e. The van der Waals surface area contributed by atoms with E-state index >= 15 is 0 Å². The van der Waals surface area contributed by atoms with Gasteiger partial charge in [-0.05, 0) is 24.6 Å². The summed E-state index contributed by atoms with van der Waals surface area (Å²) in [5.74, 6) is -2.63. The van der Waals surface area contributed by atoms with Gasteiger partial charge in [-0.3, -0.25) is 9.59 Å². The predicted molar refractivity (Wildman–Crippen MR) is 88.9 cm³/mol. The summed E-state index contributed by atoms with van der Waals surface area (Å²) in [5.41, 5.74) is 0.692. The van der Waals surface area contributed by atoms with E-state index in [1.807, 2.05) is 0 Å². The molecule has 2 aromatic rings. The summed E-state index contributed by atoms with van der Waals surface area (Å²) in [6, 6.07) is 11.0. The molecule has 6 heteroatoms. The summed E-state index contributed by atoms with van der Waals surface area (Å²) in [7, 11) is 0. The van der Waals surface area contributed by atoms with E-state index in [9.17, 15) is 23.5 Å². The second kappa shape index (κ2) is 8.48. The standard InChI is InChI=1S/C19H19F2NO3/c1-12(19(25)14-7-8-15(20)16(21)11-14)22-18(24)10-9-17(23)13-5-3-2-4-6-13/h2-8,11-12,19,25H,9-10H2,1H3,(H,22,24)/t12-,19-/m0/s1. The normalized spacial score (nSPS) is 13.1. The van der Waals surface area contributed by atoms with E-state index in [1.165, 1.54) is 6.07 Å². The van der Waals surface area contributed by atoms with Crippen LogP contribution in [0.4, 0.5) is 8.78 Å². The molecule has 2 aromatic carbocycles. The average molecular weight is 347 g/mol. The van der Waals surface area contributed by atoms with Gasteiger partial charge in [-0.25, -0.2) is 8.78 Å². The Morgan fingerprint density at radius 3 is 2.36 bits per heavy atom. The van der Waals surface area contributed by atoms with Gasteiger partial charge < -0.3 is 10.4 Å². The van der Waals surface area contributed by atoms with E-state index in [2.05, 4.69) is 5.32 Å². The topological polar surface area (TPSA) is 66.4 Å². The first-order valence-corrected chi connectivity index (χ1v) is 7.89. The van der Waals surface area contributed by atoms with Crippen molar-refractivity contribution in [3.63, 3.8) is 0 Å². The van der Waals surface area contributed by atoms with Crippen molar-refractivity contribution < 1.29 is 23.5 Å². The first kappa shape index (κ1) is 18.7. The predicted octanol–water partition coefficient (Wildman–Crippen LogP) is 3.17. The Morgan fingerprint density at radius 2 is 1.72 bits per heavy atom. The number of carbonyl (C=O) groups excluding carboxylic acids is 2. The third-order valence-electron chi connectivity index (χ3n) is 3.82. The molecule has 2 N–H and O–H groups in total. The molecule has 0 aromatic heterocycles. The van der Waals surface area contributed by atoms with Gasteiger partial charge in [0.25, 0.3) is 0 Å². The van der Waals surface area contributed by atoms with Crippen LogP contribution in [0.1, 0.15) is 41.8 Å². The van der Waals surface area contributed by atoms with Gasteiger partial charge in [0.1, 0.15) is 0 Å². The van der Waals surface area contributed by atoms with Crippen molar-refractivity contribution in [3.8, 4) is 0 Å². The van der Waals surface area contributed by atoms with E-state index in [0.29, 0.717) is 5.56 Å². The Hall–Kier alpha value is -2.60. The van der Waals surface area contributed by atoms with Crippen molar-refractivity contribution in [2.45, 2.75) is 31.9 Å². The molecule has 0 heterocycles. The zero-order valence-electron chi connectivity index (χ0n) is 13.7. The molecule has 132 valence electrons. The molecule has 0 saturated heterocycles. The van der Waals surface area contributed by atoms with Crippen LogP contribution in [0.2, 0.25) is 0 Å². The van der Waals surface area contributed by atoms with Gasteiger partial charge in [0.05, 0.1) is 12.1 Å². The Bertz CT molecular complexity index is 750. The van der Waals surface area contributed by atoms with E-state index in [4.69, 9.17) is 0 Å². The Balaban J connectivity index is 1.86. The third kappa shape index (κ3) is 5.19. The van der Waals surface area contributed by atoms with E-state index in [-0.39, 0.29) is 24.2 Å². The number of carbonyl (C=O) groups is 2. The van der Waals surface area contributed by atoms with Crippen LogP contribution < -0.4 is 5.32 Å². The fourth-order valence-electron chi connectivity index (χ4n) is 2.39. The lowest BCUT2D eigenvalue weighted by atomic mass is 10.0. The molecule has 4 nitrogen and oxygen atoms in total. The number of nitrogens with one attached hydrogen (secondary N) is 1. The Kier molecular flexibility index (Phi) is 6.36. The molecule has 2 atom stereocenters. The molecule has 2 rings (SSSR count). The lowest BCUT2D eigenvalue weighted by molar-refractivity contribution is -0.122. The number of halogens is 2. The molecule has 0 spiro atoms. The number of ketones is 1. The van der Waals surface area contributed by atoms with Crippen LogP contribution in [0, 0.1) is 11.6 Å². The maximum absolute atomic E-state index is 13.2. The third-order valence-corrected chi connectivity index (χ3v) is 3.82. The molecule has 25 heavy (non-hydrogen) atoms. The molecular formula is C19H19F2NO3. The van der Waals surface area contributed by atoms with Crippen LogP contribution in [0.3, 0.4) is 0 Å². The molecule has 0 fully saturated rings. The lowest BCUT2D eigenvalue weighted by Crippen LogP contribution is -2.37. The number of aliphatic hydroxyl groups excluding tert-OH is 1. The Labute approximate surface area is 144 Å². The second-order valence-electron chi connectivity index (χ2n) is 5.76. The zero-order chi connectivity index (χ0) is 18.4. The summed E-state index contributed by atoms with van der Waals surface area (Å²) in [5, 5.41) is 12.7. The first-order valence-electron chi connectivity index (χ1n) is 7.89. The molecule has 0 unspecified atom stereocenters. The molecule has 0 radical (unpaired) electrons. The average Bonchev–Trinajstić information content (AvgIpc) is 2.62. The van der Waals surface area contributed by atoms with Gasteiger partial charge in [-0.2, -0.15) is 0 Å². The van der Waals surface area contributed by atoms with Gasteiger partial charge in [0, 0.05) is 18.4 Å². The lowest BCUT2D eigenvalue weighted by Gasteiger charge is -2.20. The van der Waals surface area contributed by atoms with Crippen molar-refractivity contribution in [3.05, 3.63) is 71.3 Å². The van der Waals surface area contributed by atoms with Crippen molar-refractivity contribution in [2.75, 3.05) is 0 Å². The minimum Gasteiger partial charge on any atom is -0.386 e. The highest BCUT2D eigenvalue weighted by Gasteiger charge is 2.20. The summed E-state index contributed by atoms with van der Waals surface area (Å²) in [6.45, 7) is 1.54. The van der Waals surface area contributed by atoms with Crippen LogP contribution in [0.15, 0.2) is 48.5 Å². The van der Waals surface area contributed by atoms with Crippen molar-refractivity contribution in [1.29, 1.82) is 0 Å². The number of amides is 1. The van der Waals surface area contributed by atoms with Crippen molar-refractivity contribution in [1.82, 2.24) is 5.32 Å². The van der Waals surface area contributed by atoms with E-state index in [0.717, 1.165) is 12.1 Å². The van der Waals surface area contributed by atoms with Gasteiger partial charge >= 0.3 is 0 Å². The summed E-state index contributed by atoms with van der Waals surface area (Å²) < 4.78 is 26.2. The van der Waals surface area contributed by atoms with Gasteiger partial charge in [0.15, 0.2) is 17.4 Å². The minimum absolute atomic E-state index is 0.0252. The fourth-order valence-corrected chi connectivity index (χ4v) is 2.39. The fraction of sp³-hybridized carbons (Fsp3) is 0.263. The van der Waals surface area contributed by atoms with Crippen LogP contribution in [0.5, 0.6) is 0 Å². The quantitative estimate of drug-likeness (QED) is 0.756. The summed E-state index contributed by atoms with van der Waals surface area (Å²) in [4.78, 5) is 23.9. The molecule has 0 aliphatic carbocycles. The van der Waals surface area contributed by atoms with Crippen molar-refractivity contribution >= 4 is 11.7 Å². The van der Waals surface area contributed by atoms with E-state index in [1.54, 1.807) is 37.3 Å². The SMILES string of the molecule is C[C@H](NC(=O)CCC(=O)c1ccccc1)[C@H](O)c1ccc(F)c(F)c1. The van der Waals surface area contributed by atoms with E-state index < -0.39 is 29.7 Å². The molecule has 0 saturated carbocycles. The monoisotopic (exact) mass is 347 g/mol. The summed E-state index contributed by atoms with van der Waals surface area (Å²) in [6.07, 6.45) is -1.17. The number of hydrogen-bond donors (Lipinski definition) is 2. The Morgan fingerprint density at radius 1 is 1.04 bits per heavy atom. The second-order valence-corrected chi connectivity index (χ2v) is 5.76. The van der Waals surface area contributed by atoms with Gasteiger partial charge in [-0.15, -0.1) is 0 Å². The van der Waals surface area contributed by atoms with Gasteiger partial charge in [0.2, 0.25) is 5.91 Å². The maximum atomic E-state index is 13.2. The number of benzene rings is 2. The zero-order valence-corrected chi connectivity index (χ0v) is 13.7. The van der Waals surface area contributed by atoms with Gasteiger partial charge in [-0.1, -0.05) is 36.4 Å². The number of aliphatic hydroxyl groups is 1. The highest BCUT2D eigenvalue weighted by molar-refractivity contribution is 5.97. The number of hydrogen-bond acceptors (Lipinski definition) is 3. The van der Waals surface area contributed by atoms with Crippen molar-refractivity contribution in [2.24, 2.45) is 0 Å². The highest BCUT2D eigenvalue weighted by Crippen LogP contribution is 2.19. The highest BCUT2D eigenvalue weighted by atomic mass is 19.2. The molecule has 0 bridgehead atoms. The molecule has 0 aliphatic rings. The van der Waals surface area contributed by atoms with Crippen LogP contribution in [0.25, 0.3) is 0 Å². The number of rotatable bonds is 7. The molecular weight excluding hydrogens is 328 g/mol. The largest absolute Gasteiger partial charge is 0.386 e. The molecule has 1 amide bonds. The van der Waals surface area contributed by atoms with Crippen LogP contribution in [-0.4, -0.2) is 22.8 Å². The smallest absolute Gasteiger partial charge is 0.220 e. The minimum atomic E-state index is -1.19. The summed E-state index contributed by atoms with van der Waals surface area (Å²) >= 11 is 0. The number of Topliss-reactive ketones (excluding diaryl/α,β-unsaturated/α-hetero) is 1. The van der Waals surface area contributed by atoms with Crippen LogP contribution >= 0.6 is 0 Å². The molecule has 0 aliphatic heterocycles.